The Balaban J connectivity index is 2.60. The lowest BCUT2D eigenvalue weighted by Gasteiger charge is -2.19. The molecule has 37 heavy (non-hydrogen) atoms. The van der Waals surface area contributed by atoms with E-state index in [1.54, 1.807) is 24.3 Å². The number of carboxylic acids is 2. The summed E-state index contributed by atoms with van der Waals surface area (Å²) in [5.74, 6) is -2.09. The van der Waals surface area contributed by atoms with Gasteiger partial charge in [-0.1, -0.05) is 88.3 Å². The number of hydrogen-bond acceptors (Lipinski definition) is 5. The molecule has 0 spiro atoms. The van der Waals surface area contributed by atoms with Crippen LogP contribution in [0, 0.1) is 0 Å². The number of allylic oxidation sites excluding steroid dienone is 3. The molecule has 0 aliphatic carbocycles. The highest BCUT2D eigenvalue weighted by atomic mass is 32.2. The standard InChI is InChI=1S/C30H44O6S/c1-2-3-4-5-6-7-8-9-10-11-12-13-16-28(27(32)15-14-17-29(33)34)37-25-20-18-24(19-21-25)26(31)22-23-30(35)36/h11-13,16,18-21,27-28,32H,2-10,14-15,17,22-23H2,1H3,(H,33,34)(H,35,36)/b12-11-,16-13+/t27-,28+/m0/s1. The van der Waals surface area contributed by atoms with Gasteiger partial charge in [0.1, 0.15) is 0 Å². The van der Waals surface area contributed by atoms with Gasteiger partial charge < -0.3 is 15.3 Å². The number of thioether (sulfide) groups is 1. The predicted octanol–water partition coefficient (Wildman–Crippen LogP) is 7.45. The molecule has 1 aromatic carbocycles. The van der Waals surface area contributed by atoms with Gasteiger partial charge in [-0.25, -0.2) is 0 Å². The van der Waals surface area contributed by atoms with Crippen LogP contribution in [0.25, 0.3) is 0 Å². The third-order valence-corrected chi connectivity index (χ3v) is 7.34. The maximum atomic E-state index is 12.1. The molecule has 1 aromatic rings. The van der Waals surface area contributed by atoms with Crippen molar-refractivity contribution in [3.63, 3.8) is 0 Å². The molecule has 0 aliphatic heterocycles. The van der Waals surface area contributed by atoms with E-state index >= 15 is 0 Å². The second-order valence-corrected chi connectivity index (χ2v) is 10.6. The van der Waals surface area contributed by atoms with Gasteiger partial charge in [-0.05, 0) is 37.8 Å². The fourth-order valence-corrected chi connectivity index (χ4v) is 4.93. The number of ketones is 1. The lowest BCUT2D eigenvalue weighted by atomic mass is 10.1. The molecule has 6 nitrogen and oxygen atoms in total. The van der Waals surface area contributed by atoms with E-state index in [4.69, 9.17) is 10.2 Å². The fraction of sp³-hybridized carbons (Fsp3) is 0.567. The Labute approximate surface area is 226 Å². The quantitative estimate of drug-likeness (QED) is 0.0615. The van der Waals surface area contributed by atoms with Crippen LogP contribution >= 0.6 is 11.8 Å². The number of aliphatic carboxylic acids is 2. The van der Waals surface area contributed by atoms with E-state index in [0.29, 0.717) is 18.4 Å². The molecular weight excluding hydrogens is 488 g/mol. The van der Waals surface area contributed by atoms with Gasteiger partial charge in [0.2, 0.25) is 0 Å². The lowest BCUT2D eigenvalue weighted by Crippen LogP contribution is -2.21. The number of aliphatic hydroxyl groups is 1. The number of rotatable bonds is 22. The first-order chi connectivity index (χ1) is 17.8. The Hall–Kier alpha value is -2.38. The van der Waals surface area contributed by atoms with Crippen LogP contribution in [0.4, 0.5) is 0 Å². The monoisotopic (exact) mass is 532 g/mol. The normalized spacial score (nSPS) is 13.2. The lowest BCUT2D eigenvalue weighted by molar-refractivity contribution is -0.138. The highest BCUT2D eigenvalue weighted by Crippen LogP contribution is 2.29. The summed E-state index contributed by atoms with van der Waals surface area (Å²) in [5, 5.41) is 28.1. The molecule has 0 radical (unpaired) electrons. The average Bonchev–Trinajstić information content (AvgIpc) is 2.87. The Morgan fingerprint density at radius 1 is 0.811 bits per heavy atom. The smallest absolute Gasteiger partial charge is 0.303 e. The van der Waals surface area contributed by atoms with Crippen molar-refractivity contribution in [1.29, 1.82) is 0 Å². The van der Waals surface area contributed by atoms with Crippen LogP contribution in [-0.2, 0) is 9.59 Å². The molecule has 2 atom stereocenters. The number of unbranched alkanes of at least 4 members (excludes halogenated alkanes) is 8. The minimum Gasteiger partial charge on any atom is -0.481 e. The van der Waals surface area contributed by atoms with Crippen molar-refractivity contribution >= 4 is 29.5 Å². The van der Waals surface area contributed by atoms with E-state index in [1.807, 2.05) is 18.2 Å². The van der Waals surface area contributed by atoms with Crippen molar-refractivity contribution in [3.05, 3.63) is 54.1 Å². The molecule has 3 N–H and O–H groups in total. The predicted molar refractivity (Wildman–Crippen MR) is 150 cm³/mol. The zero-order valence-electron chi connectivity index (χ0n) is 22.1. The van der Waals surface area contributed by atoms with Crippen LogP contribution in [0.3, 0.4) is 0 Å². The van der Waals surface area contributed by atoms with Crippen LogP contribution in [-0.4, -0.2) is 44.4 Å². The first-order valence-corrected chi connectivity index (χ1v) is 14.5. The summed E-state index contributed by atoms with van der Waals surface area (Å²) in [6.45, 7) is 2.23. The van der Waals surface area contributed by atoms with Gasteiger partial charge in [-0.2, -0.15) is 0 Å². The minimum atomic E-state index is -1.00. The largest absolute Gasteiger partial charge is 0.481 e. The molecule has 0 aromatic heterocycles. The number of carbonyl (C=O) groups excluding carboxylic acids is 1. The highest BCUT2D eigenvalue weighted by Gasteiger charge is 2.18. The summed E-state index contributed by atoms with van der Waals surface area (Å²) in [6.07, 6.45) is 19.2. The summed E-state index contributed by atoms with van der Waals surface area (Å²) >= 11 is 1.45. The third-order valence-electron chi connectivity index (χ3n) is 6.06. The van der Waals surface area contributed by atoms with Gasteiger partial charge in [-0.3, -0.25) is 14.4 Å². The van der Waals surface area contributed by atoms with Gasteiger partial charge in [0.05, 0.1) is 17.8 Å². The molecule has 0 bridgehead atoms. The Morgan fingerprint density at radius 2 is 1.43 bits per heavy atom. The second kappa shape index (κ2) is 20.7. The summed E-state index contributed by atoms with van der Waals surface area (Å²) in [7, 11) is 0. The zero-order valence-corrected chi connectivity index (χ0v) is 23.0. The van der Waals surface area contributed by atoms with Crippen LogP contribution in [0.2, 0.25) is 0 Å². The van der Waals surface area contributed by atoms with Crippen molar-refractivity contribution in [2.75, 3.05) is 0 Å². The number of carbonyl (C=O) groups is 3. The molecule has 0 fully saturated rings. The van der Waals surface area contributed by atoms with Crippen molar-refractivity contribution in [2.24, 2.45) is 0 Å². The average molecular weight is 533 g/mol. The topological polar surface area (TPSA) is 112 Å². The van der Waals surface area contributed by atoms with Gasteiger partial charge in [0, 0.05) is 23.3 Å². The summed E-state index contributed by atoms with van der Waals surface area (Å²) in [6, 6.07) is 6.94. The molecule has 0 heterocycles. The fourth-order valence-electron chi connectivity index (χ4n) is 3.86. The van der Waals surface area contributed by atoms with E-state index in [9.17, 15) is 19.5 Å². The molecule has 0 aliphatic rings. The molecule has 0 saturated carbocycles. The summed E-state index contributed by atoms with van der Waals surface area (Å²) in [4.78, 5) is 34.5. The second-order valence-electron chi connectivity index (χ2n) is 9.35. The van der Waals surface area contributed by atoms with Crippen molar-refractivity contribution in [3.8, 4) is 0 Å². The van der Waals surface area contributed by atoms with Crippen LogP contribution < -0.4 is 0 Å². The van der Waals surface area contributed by atoms with Crippen molar-refractivity contribution in [1.82, 2.24) is 0 Å². The van der Waals surface area contributed by atoms with E-state index in [0.717, 1.165) is 11.3 Å². The van der Waals surface area contributed by atoms with Crippen LogP contribution in [0.1, 0.15) is 107 Å². The van der Waals surface area contributed by atoms with E-state index in [-0.39, 0.29) is 30.3 Å². The highest BCUT2D eigenvalue weighted by molar-refractivity contribution is 8.00. The number of benzene rings is 1. The number of hydrogen-bond donors (Lipinski definition) is 3. The Bertz CT molecular complexity index is 846. The number of carboxylic acid groups (broad SMARTS) is 2. The van der Waals surface area contributed by atoms with Crippen molar-refractivity contribution < 1.29 is 29.7 Å². The van der Waals surface area contributed by atoms with E-state index in [1.165, 1.54) is 63.1 Å². The van der Waals surface area contributed by atoms with Crippen molar-refractivity contribution in [2.45, 2.75) is 113 Å². The van der Waals surface area contributed by atoms with Gasteiger partial charge in [0.15, 0.2) is 5.78 Å². The SMILES string of the molecule is CCCCCCCCCC/C=C\C=C\[C@@H](Sc1ccc(C(=O)CCC(=O)O)cc1)[C@@H](O)CCCC(=O)O. The van der Waals surface area contributed by atoms with E-state index in [2.05, 4.69) is 13.0 Å². The molecule has 206 valence electrons. The molecule has 0 amide bonds. The first-order valence-electron chi connectivity index (χ1n) is 13.6. The molecular formula is C30H44O6S. The minimum absolute atomic E-state index is 0.0177. The number of Topliss-reactive ketones (excluding diaryl/α,β-unsaturated/α-hetero) is 1. The molecule has 7 heteroatoms. The summed E-state index contributed by atoms with van der Waals surface area (Å²) < 4.78 is 0. The Morgan fingerprint density at radius 3 is 2.05 bits per heavy atom. The molecule has 0 saturated heterocycles. The van der Waals surface area contributed by atoms with Gasteiger partial charge in [0.25, 0.3) is 0 Å². The maximum absolute atomic E-state index is 12.1. The summed E-state index contributed by atoms with van der Waals surface area (Å²) in [5.41, 5.74) is 0.462. The zero-order chi connectivity index (χ0) is 27.3. The van der Waals surface area contributed by atoms with Crippen LogP contribution in [0.15, 0.2) is 53.5 Å². The van der Waals surface area contributed by atoms with E-state index < -0.39 is 18.0 Å². The first kappa shape index (κ1) is 32.6. The Kier molecular flexibility index (Phi) is 18.2. The van der Waals surface area contributed by atoms with Gasteiger partial charge in [-0.15, -0.1) is 11.8 Å². The number of aliphatic hydroxyl groups excluding tert-OH is 1. The van der Waals surface area contributed by atoms with Gasteiger partial charge >= 0.3 is 11.9 Å². The maximum Gasteiger partial charge on any atom is 0.303 e. The molecule has 0 unspecified atom stereocenters. The molecule has 1 rings (SSSR count). The third kappa shape index (κ3) is 16.9. The van der Waals surface area contributed by atoms with Crippen LogP contribution in [0.5, 0.6) is 0 Å².